The minimum atomic E-state index is -0.164. The van der Waals surface area contributed by atoms with E-state index >= 15 is 0 Å². The standard InChI is InChI=1S/C30H34Cl2N2O3S/c1-17(2)37-27-23(32)13-18(14-24(27)36-6)16-33-29-26(28(35)34-21-10-8-20(31)9-11-21)22-12-7-19(30(3,4)5)15-25(22)38-29/h8-11,13-14,16-17,19H,7,12,15H2,1-6H3,(H,34,35)/t19-/m1/s1. The lowest BCUT2D eigenvalue weighted by Gasteiger charge is -2.33. The molecule has 0 spiro atoms. The second-order valence-corrected chi connectivity index (χ2v) is 12.8. The van der Waals surface area contributed by atoms with Gasteiger partial charge in [-0.05, 0) is 92.0 Å². The third-order valence-electron chi connectivity index (χ3n) is 6.74. The Morgan fingerprint density at radius 3 is 2.53 bits per heavy atom. The first kappa shape index (κ1) is 28.5. The van der Waals surface area contributed by atoms with Gasteiger partial charge in [0.15, 0.2) is 11.5 Å². The molecule has 1 atom stereocenters. The number of fused-ring (bicyclic) bond motifs is 1. The highest BCUT2D eigenvalue weighted by molar-refractivity contribution is 7.16. The number of hydrogen-bond acceptors (Lipinski definition) is 5. The molecule has 1 N–H and O–H groups in total. The Balaban J connectivity index is 1.71. The summed E-state index contributed by atoms with van der Waals surface area (Å²) in [5, 5.41) is 4.78. The second-order valence-electron chi connectivity index (χ2n) is 10.9. The van der Waals surface area contributed by atoms with Crippen molar-refractivity contribution in [2.45, 2.75) is 60.0 Å². The Morgan fingerprint density at radius 1 is 1.18 bits per heavy atom. The zero-order chi connectivity index (χ0) is 27.6. The van der Waals surface area contributed by atoms with E-state index < -0.39 is 0 Å². The number of ether oxygens (including phenoxy) is 2. The Labute approximate surface area is 239 Å². The van der Waals surface area contributed by atoms with Crippen molar-refractivity contribution < 1.29 is 14.3 Å². The predicted octanol–water partition coefficient (Wildman–Crippen LogP) is 9.00. The molecule has 1 aliphatic rings. The van der Waals surface area contributed by atoms with Gasteiger partial charge in [0.05, 0.1) is 23.8 Å². The first-order valence-electron chi connectivity index (χ1n) is 12.8. The Morgan fingerprint density at radius 2 is 1.89 bits per heavy atom. The number of methoxy groups -OCH3 is 1. The smallest absolute Gasteiger partial charge is 0.259 e. The fourth-order valence-electron chi connectivity index (χ4n) is 4.66. The van der Waals surface area contributed by atoms with Crippen molar-refractivity contribution in [3.63, 3.8) is 0 Å². The maximum absolute atomic E-state index is 13.6. The van der Waals surface area contributed by atoms with Gasteiger partial charge >= 0.3 is 0 Å². The summed E-state index contributed by atoms with van der Waals surface area (Å²) in [5.74, 6) is 1.42. The van der Waals surface area contributed by atoms with E-state index in [1.807, 2.05) is 19.9 Å². The molecule has 0 saturated heterocycles. The van der Waals surface area contributed by atoms with E-state index in [9.17, 15) is 4.79 Å². The fraction of sp³-hybridized carbons (Fsp3) is 0.400. The van der Waals surface area contributed by atoms with E-state index in [4.69, 9.17) is 37.7 Å². The van der Waals surface area contributed by atoms with Gasteiger partial charge in [0, 0.05) is 21.8 Å². The number of benzene rings is 2. The Kier molecular flexibility index (Phi) is 8.75. The van der Waals surface area contributed by atoms with Crippen LogP contribution >= 0.6 is 34.5 Å². The van der Waals surface area contributed by atoms with Crippen LogP contribution < -0.4 is 14.8 Å². The molecule has 202 valence electrons. The molecule has 1 amide bonds. The van der Waals surface area contributed by atoms with Crippen LogP contribution in [0.4, 0.5) is 10.7 Å². The van der Waals surface area contributed by atoms with E-state index in [1.54, 1.807) is 55.0 Å². The van der Waals surface area contributed by atoms with Crippen molar-refractivity contribution in [3.8, 4) is 11.5 Å². The third-order valence-corrected chi connectivity index (χ3v) is 8.43. The van der Waals surface area contributed by atoms with Crippen molar-refractivity contribution in [1.82, 2.24) is 0 Å². The molecule has 0 radical (unpaired) electrons. The highest BCUT2D eigenvalue weighted by Crippen LogP contribution is 2.45. The van der Waals surface area contributed by atoms with Gasteiger partial charge in [-0.1, -0.05) is 44.0 Å². The summed E-state index contributed by atoms with van der Waals surface area (Å²) >= 11 is 14.2. The summed E-state index contributed by atoms with van der Waals surface area (Å²) in [5.41, 5.74) is 3.39. The van der Waals surface area contributed by atoms with Crippen molar-refractivity contribution >= 4 is 57.3 Å². The van der Waals surface area contributed by atoms with E-state index in [0.717, 1.165) is 30.4 Å². The van der Waals surface area contributed by atoms with Gasteiger partial charge in [-0.2, -0.15) is 0 Å². The number of aliphatic imine (C=N–C) groups is 1. The number of halogens is 2. The zero-order valence-corrected chi connectivity index (χ0v) is 25.0. The zero-order valence-electron chi connectivity index (χ0n) is 22.7. The first-order valence-corrected chi connectivity index (χ1v) is 14.3. The second kappa shape index (κ2) is 11.7. The van der Waals surface area contributed by atoms with Crippen molar-refractivity contribution in [1.29, 1.82) is 0 Å². The maximum Gasteiger partial charge on any atom is 0.259 e. The van der Waals surface area contributed by atoms with E-state index in [1.165, 1.54) is 4.88 Å². The number of nitrogens with one attached hydrogen (secondary N) is 1. The molecule has 0 aliphatic heterocycles. The monoisotopic (exact) mass is 572 g/mol. The topological polar surface area (TPSA) is 59.9 Å². The van der Waals surface area contributed by atoms with Crippen LogP contribution in [-0.2, 0) is 12.8 Å². The number of anilines is 1. The highest BCUT2D eigenvalue weighted by Gasteiger charge is 2.33. The molecular formula is C30H34Cl2N2O3S. The van der Waals surface area contributed by atoms with E-state index in [2.05, 4.69) is 26.1 Å². The number of carbonyl (C=O) groups excluding carboxylic acids is 1. The number of rotatable bonds is 7. The van der Waals surface area contributed by atoms with Crippen LogP contribution in [0.3, 0.4) is 0 Å². The van der Waals surface area contributed by atoms with Crippen LogP contribution in [0.25, 0.3) is 0 Å². The van der Waals surface area contributed by atoms with Crippen molar-refractivity contribution in [3.05, 3.63) is 68.0 Å². The molecule has 8 heteroatoms. The van der Waals surface area contributed by atoms with Crippen molar-refractivity contribution in [2.75, 3.05) is 12.4 Å². The Hall–Kier alpha value is -2.54. The predicted molar refractivity (Wildman–Crippen MR) is 160 cm³/mol. The lowest BCUT2D eigenvalue weighted by Crippen LogP contribution is -2.27. The van der Waals surface area contributed by atoms with Crippen molar-refractivity contribution in [2.24, 2.45) is 16.3 Å². The average molecular weight is 574 g/mol. The molecule has 1 aromatic heterocycles. The molecule has 0 unspecified atom stereocenters. The third kappa shape index (κ3) is 6.53. The number of carbonyl (C=O) groups is 1. The van der Waals surface area contributed by atoms with E-state index in [0.29, 0.717) is 43.7 Å². The molecule has 1 heterocycles. The van der Waals surface area contributed by atoms with Gasteiger partial charge in [-0.3, -0.25) is 4.79 Å². The van der Waals surface area contributed by atoms with E-state index in [-0.39, 0.29) is 17.4 Å². The molecule has 0 saturated carbocycles. The molecule has 0 fully saturated rings. The highest BCUT2D eigenvalue weighted by atomic mass is 35.5. The summed E-state index contributed by atoms with van der Waals surface area (Å²) in [6, 6.07) is 10.7. The fourth-order valence-corrected chi connectivity index (χ4v) is 6.32. The summed E-state index contributed by atoms with van der Waals surface area (Å²) < 4.78 is 11.4. The van der Waals surface area contributed by atoms with Crippen LogP contribution in [-0.4, -0.2) is 25.3 Å². The maximum atomic E-state index is 13.6. The molecule has 0 bridgehead atoms. The molecular weight excluding hydrogens is 539 g/mol. The van der Waals surface area contributed by atoms with Crippen LogP contribution in [0.2, 0.25) is 10.0 Å². The minimum absolute atomic E-state index is 0.0445. The number of amides is 1. The molecule has 3 aromatic rings. The van der Waals surface area contributed by atoms with Crippen LogP contribution in [0.5, 0.6) is 11.5 Å². The van der Waals surface area contributed by atoms with Crippen LogP contribution in [0, 0.1) is 11.3 Å². The SMILES string of the molecule is COc1cc(C=Nc2sc3c(c2C(=O)Nc2ccc(Cl)cc2)CC[C@@H](C(C)(C)C)C3)cc(Cl)c1OC(C)C. The quantitative estimate of drug-likeness (QED) is 0.287. The Bertz CT molecular complexity index is 1340. The van der Waals surface area contributed by atoms with Crippen LogP contribution in [0.1, 0.15) is 67.4 Å². The number of nitrogens with zero attached hydrogens (tertiary/aromatic N) is 1. The van der Waals surface area contributed by atoms with Gasteiger partial charge in [0.1, 0.15) is 5.00 Å². The summed E-state index contributed by atoms with van der Waals surface area (Å²) in [6.45, 7) is 10.7. The van der Waals surface area contributed by atoms with Crippen LogP contribution in [0.15, 0.2) is 41.4 Å². The molecule has 4 rings (SSSR count). The molecule has 2 aromatic carbocycles. The first-order chi connectivity index (χ1) is 18.0. The molecule has 38 heavy (non-hydrogen) atoms. The van der Waals surface area contributed by atoms with Gasteiger partial charge in [-0.25, -0.2) is 4.99 Å². The summed E-state index contributed by atoms with van der Waals surface area (Å²) in [6.07, 6.45) is 4.53. The normalized spacial score (nSPS) is 15.6. The summed E-state index contributed by atoms with van der Waals surface area (Å²) in [7, 11) is 1.58. The lowest BCUT2D eigenvalue weighted by atomic mass is 9.72. The average Bonchev–Trinajstić information content (AvgIpc) is 3.22. The van der Waals surface area contributed by atoms with Gasteiger partial charge in [0.2, 0.25) is 0 Å². The minimum Gasteiger partial charge on any atom is -0.493 e. The summed E-state index contributed by atoms with van der Waals surface area (Å²) in [4.78, 5) is 19.6. The molecule has 5 nitrogen and oxygen atoms in total. The van der Waals surface area contributed by atoms with Gasteiger partial charge < -0.3 is 14.8 Å². The lowest BCUT2D eigenvalue weighted by molar-refractivity contribution is 0.102. The largest absolute Gasteiger partial charge is 0.493 e. The number of thiophene rings is 1. The molecule has 1 aliphatic carbocycles. The number of hydrogen-bond donors (Lipinski definition) is 1. The van der Waals surface area contributed by atoms with Gasteiger partial charge in [0.25, 0.3) is 5.91 Å². The van der Waals surface area contributed by atoms with Gasteiger partial charge in [-0.15, -0.1) is 11.3 Å².